The summed E-state index contributed by atoms with van der Waals surface area (Å²) < 4.78 is 11.2. The molecule has 0 heterocycles. The quantitative estimate of drug-likeness (QED) is 0.387. The molecule has 0 aliphatic carbocycles. The molecule has 0 bridgehead atoms. The van der Waals surface area contributed by atoms with Crippen molar-refractivity contribution in [3.63, 3.8) is 0 Å². The Labute approximate surface area is 173 Å². The predicted octanol–water partition coefficient (Wildman–Crippen LogP) is 1.98. The number of ether oxygens (including phenoxy) is 2. The van der Waals surface area contributed by atoms with E-state index in [-0.39, 0.29) is 13.2 Å². The molecule has 2 rings (SSSR count). The highest BCUT2D eigenvalue weighted by atomic mass is 16.5. The first kappa shape index (κ1) is 23.2. The zero-order chi connectivity index (χ0) is 20.9. The Balaban J connectivity index is 1.76. The zero-order valence-electron chi connectivity index (χ0n) is 17.4. The van der Waals surface area contributed by atoms with Crippen molar-refractivity contribution in [3.8, 4) is 11.5 Å². The minimum atomic E-state index is -0.514. The van der Waals surface area contributed by atoms with Crippen LogP contribution in [0.25, 0.3) is 0 Å². The van der Waals surface area contributed by atoms with Crippen molar-refractivity contribution < 1.29 is 19.7 Å². The van der Waals surface area contributed by atoms with Crippen LogP contribution in [0.3, 0.4) is 0 Å². The monoisotopic (exact) mass is 402 g/mol. The molecule has 6 heteroatoms. The summed E-state index contributed by atoms with van der Waals surface area (Å²) in [7, 11) is 0. The van der Waals surface area contributed by atoms with Crippen LogP contribution in [0.15, 0.2) is 48.5 Å². The summed E-state index contributed by atoms with van der Waals surface area (Å²) in [6.07, 6.45) is -0.217. The van der Waals surface area contributed by atoms with Crippen molar-refractivity contribution >= 4 is 0 Å². The van der Waals surface area contributed by atoms with E-state index in [0.29, 0.717) is 13.1 Å². The van der Waals surface area contributed by atoms with Gasteiger partial charge in [-0.05, 0) is 54.9 Å². The average Bonchev–Trinajstić information content (AvgIpc) is 2.75. The molecule has 2 aromatic carbocycles. The summed E-state index contributed by atoms with van der Waals surface area (Å²) in [4.78, 5) is 0. The van der Waals surface area contributed by atoms with Gasteiger partial charge in [-0.15, -0.1) is 0 Å². The van der Waals surface area contributed by atoms with Gasteiger partial charge in [-0.2, -0.15) is 0 Å². The SMILES string of the molecule is CCNCC(O)COc1ccc(Cc2ccc(OCC(O)CNCC)cc2)cc1. The van der Waals surface area contributed by atoms with E-state index in [4.69, 9.17) is 9.47 Å². The average molecular weight is 403 g/mol. The molecule has 0 spiro atoms. The molecule has 0 radical (unpaired) electrons. The largest absolute Gasteiger partial charge is 0.491 e. The van der Waals surface area contributed by atoms with Crippen LogP contribution in [0.2, 0.25) is 0 Å². The maximum Gasteiger partial charge on any atom is 0.119 e. The third-order valence-corrected chi connectivity index (χ3v) is 4.40. The number of benzene rings is 2. The Morgan fingerprint density at radius 3 is 1.41 bits per heavy atom. The number of hydrogen-bond donors (Lipinski definition) is 4. The second-order valence-corrected chi connectivity index (χ2v) is 7.01. The molecule has 0 aliphatic rings. The van der Waals surface area contributed by atoms with Gasteiger partial charge in [0.25, 0.3) is 0 Å². The molecule has 0 fully saturated rings. The van der Waals surface area contributed by atoms with Gasteiger partial charge in [-0.3, -0.25) is 0 Å². The molecule has 0 aromatic heterocycles. The first-order chi connectivity index (χ1) is 14.1. The molecular formula is C23H34N2O4. The van der Waals surface area contributed by atoms with E-state index in [1.165, 1.54) is 11.1 Å². The lowest BCUT2D eigenvalue weighted by atomic mass is 10.0. The van der Waals surface area contributed by atoms with E-state index in [1.807, 2.05) is 62.4 Å². The van der Waals surface area contributed by atoms with Gasteiger partial charge in [0.1, 0.15) is 36.9 Å². The summed E-state index contributed by atoms with van der Waals surface area (Å²) in [5.41, 5.74) is 2.36. The van der Waals surface area contributed by atoms with Crippen molar-refractivity contribution in [2.75, 3.05) is 39.4 Å². The number of rotatable bonds is 14. The zero-order valence-corrected chi connectivity index (χ0v) is 17.4. The van der Waals surface area contributed by atoms with Gasteiger partial charge in [0.15, 0.2) is 0 Å². The van der Waals surface area contributed by atoms with Crippen molar-refractivity contribution in [1.29, 1.82) is 0 Å². The summed E-state index contributed by atoms with van der Waals surface area (Å²) in [6.45, 7) is 7.28. The molecule has 0 saturated carbocycles. The van der Waals surface area contributed by atoms with Crippen molar-refractivity contribution in [3.05, 3.63) is 59.7 Å². The number of aliphatic hydroxyl groups is 2. The fourth-order valence-corrected chi connectivity index (χ4v) is 2.77. The first-order valence-corrected chi connectivity index (χ1v) is 10.3. The predicted molar refractivity (Wildman–Crippen MR) is 116 cm³/mol. The number of likely N-dealkylation sites (N-methyl/N-ethyl adjacent to an activating group) is 2. The van der Waals surface area contributed by atoms with Gasteiger partial charge in [0, 0.05) is 13.1 Å². The molecule has 2 aromatic rings. The Kier molecular flexibility index (Phi) is 10.5. The van der Waals surface area contributed by atoms with Gasteiger partial charge < -0.3 is 30.3 Å². The highest BCUT2D eigenvalue weighted by Gasteiger charge is 2.06. The van der Waals surface area contributed by atoms with Crippen LogP contribution in [0, 0.1) is 0 Å². The maximum atomic E-state index is 9.81. The van der Waals surface area contributed by atoms with E-state index in [2.05, 4.69) is 10.6 Å². The molecule has 0 aliphatic heterocycles. The van der Waals surface area contributed by atoms with E-state index >= 15 is 0 Å². The van der Waals surface area contributed by atoms with Crippen molar-refractivity contribution in [1.82, 2.24) is 10.6 Å². The van der Waals surface area contributed by atoms with Gasteiger partial charge >= 0.3 is 0 Å². The van der Waals surface area contributed by atoms with Gasteiger partial charge in [-0.25, -0.2) is 0 Å². The summed E-state index contributed by atoms with van der Waals surface area (Å²) in [6, 6.07) is 15.9. The minimum Gasteiger partial charge on any atom is -0.491 e. The molecule has 2 atom stereocenters. The van der Waals surface area contributed by atoms with Crippen molar-refractivity contribution in [2.24, 2.45) is 0 Å². The molecule has 29 heavy (non-hydrogen) atoms. The molecule has 6 nitrogen and oxygen atoms in total. The van der Waals surface area contributed by atoms with Crippen LogP contribution in [0.1, 0.15) is 25.0 Å². The summed E-state index contributed by atoms with van der Waals surface area (Å²) >= 11 is 0. The van der Waals surface area contributed by atoms with Crippen LogP contribution in [-0.2, 0) is 6.42 Å². The topological polar surface area (TPSA) is 83.0 Å². The first-order valence-electron chi connectivity index (χ1n) is 10.3. The summed E-state index contributed by atoms with van der Waals surface area (Å²) in [5, 5.41) is 25.8. The van der Waals surface area contributed by atoms with Crippen LogP contribution < -0.4 is 20.1 Å². The number of hydrogen-bond acceptors (Lipinski definition) is 6. The second kappa shape index (κ2) is 13.2. The third kappa shape index (κ3) is 9.28. The second-order valence-electron chi connectivity index (χ2n) is 7.01. The normalized spacial score (nSPS) is 13.1. The highest BCUT2D eigenvalue weighted by molar-refractivity contribution is 5.34. The molecular weight excluding hydrogens is 368 g/mol. The minimum absolute atomic E-state index is 0.275. The Hall–Kier alpha value is -2.12. The maximum absolute atomic E-state index is 9.81. The van der Waals surface area contributed by atoms with Gasteiger partial charge in [0.2, 0.25) is 0 Å². The van der Waals surface area contributed by atoms with Gasteiger partial charge in [-0.1, -0.05) is 38.1 Å². The Morgan fingerprint density at radius 2 is 1.07 bits per heavy atom. The van der Waals surface area contributed by atoms with Gasteiger partial charge in [0.05, 0.1) is 0 Å². The highest BCUT2D eigenvalue weighted by Crippen LogP contribution is 2.18. The molecule has 2 unspecified atom stereocenters. The van der Waals surface area contributed by atoms with Crippen LogP contribution in [0.4, 0.5) is 0 Å². The molecule has 0 saturated heterocycles. The van der Waals surface area contributed by atoms with E-state index in [0.717, 1.165) is 31.0 Å². The fraction of sp³-hybridized carbons (Fsp3) is 0.478. The van der Waals surface area contributed by atoms with Crippen LogP contribution in [-0.4, -0.2) is 61.8 Å². The van der Waals surface area contributed by atoms with Crippen LogP contribution in [0.5, 0.6) is 11.5 Å². The molecule has 160 valence electrons. The lowest BCUT2D eigenvalue weighted by Crippen LogP contribution is -2.31. The van der Waals surface area contributed by atoms with E-state index < -0.39 is 12.2 Å². The Morgan fingerprint density at radius 1 is 0.690 bits per heavy atom. The lowest BCUT2D eigenvalue weighted by Gasteiger charge is -2.13. The third-order valence-electron chi connectivity index (χ3n) is 4.40. The van der Waals surface area contributed by atoms with Crippen LogP contribution >= 0.6 is 0 Å². The lowest BCUT2D eigenvalue weighted by molar-refractivity contribution is 0.107. The number of nitrogens with one attached hydrogen (secondary N) is 2. The van der Waals surface area contributed by atoms with E-state index in [1.54, 1.807) is 0 Å². The molecule has 0 amide bonds. The number of aliphatic hydroxyl groups excluding tert-OH is 2. The molecule has 4 N–H and O–H groups in total. The van der Waals surface area contributed by atoms with Crippen molar-refractivity contribution in [2.45, 2.75) is 32.5 Å². The summed E-state index contributed by atoms with van der Waals surface area (Å²) in [5.74, 6) is 1.51. The fourth-order valence-electron chi connectivity index (χ4n) is 2.77. The smallest absolute Gasteiger partial charge is 0.119 e. The standard InChI is InChI=1S/C23H34N2O4/c1-3-24-14-20(26)16-28-22-9-5-18(6-10-22)13-19-7-11-23(12-8-19)29-17-21(27)15-25-4-2/h5-12,20-21,24-27H,3-4,13-17H2,1-2H3. The van der Waals surface area contributed by atoms with E-state index in [9.17, 15) is 10.2 Å². The Bertz CT molecular complexity index is 617.